The lowest BCUT2D eigenvalue weighted by atomic mass is 10.1. The van der Waals surface area contributed by atoms with Gasteiger partial charge in [-0.15, -0.1) is 0 Å². The van der Waals surface area contributed by atoms with Crippen LogP contribution in [-0.4, -0.2) is 12.6 Å². The molecule has 0 aromatic heterocycles. The maximum absolute atomic E-state index is 11.0. The van der Waals surface area contributed by atoms with Crippen molar-refractivity contribution in [1.29, 1.82) is 0 Å². The zero-order valence-electron chi connectivity index (χ0n) is 9.19. The van der Waals surface area contributed by atoms with Gasteiger partial charge in [-0.25, -0.2) is 0 Å². The van der Waals surface area contributed by atoms with E-state index < -0.39 is 0 Å². The summed E-state index contributed by atoms with van der Waals surface area (Å²) in [7, 11) is 0. The van der Waals surface area contributed by atoms with E-state index in [2.05, 4.69) is 0 Å². The quantitative estimate of drug-likeness (QED) is 0.705. The van der Waals surface area contributed by atoms with E-state index in [1.165, 1.54) is 5.56 Å². The van der Waals surface area contributed by atoms with Gasteiger partial charge < -0.3 is 4.74 Å². The van der Waals surface area contributed by atoms with Crippen molar-refractivity contribution in [2.45, 2.75) is 20.3 Å². The van der Waals surface area contributed by atoms with Crippen LogP contribution >= 0.6 is 0 Å². The lowest BCUT2D eigenvalue weighted by molar-refractivity contribution is -0.142. The third-order valence-corrected chi connectivity index (χ3v) is 1.98. The summed E-state index contributed by atoms with van der Waals surface area (Å²) in [4.78, 5) is 11.0. The number of carbonyl (C=O) groups is 1. The van der Waals surface area contributed by atoms with E-state index in [9.17, 15) is 4.79 Å². The summed E-state index contributed by atoms with van der Waals surface area (Å²) in [6.45, 7) is 4.30. The number of hydrogen-bond donors (Lipinski definition) is 0. The molecule has 0 aliphatic heterocycles. The van der Waals surface area contributed by atoms with Gasteiger partial charge in [-0.05, 0) is 19.4 Å². The number of ether oxygens (including phenoxy) is 1. The Morgan fingerprint density at radius 1 is 1.33 bits per heavy atom. The van der Waals surface area contributed by atoms with Crippen LogP contribution in [0.1, 0.15) is 24.5 Å². The molecule has 0 bridgehead atoms. The van der Waals surface area contributed by atoms with Crippen LogP contribution in [0.15, 0.2) is 30.3 Å². The molecule has 0 amide bonds. The molecule has 15 heavy (non-hydrogen) atoms. The Kier molecular flexibility index (Phi) is 4.61. The summed E-state index contributed by atoms with van der Waals surface area (Å²) in [5.74, 6) is -0.180. The summed E-state index contributed by atoms with van der Waals surface area (Å²) < 4.78 is 4.81. The van der Waals surface area contributed by atoms with E-state index in [1.807, 2.05) is 50.3 Å². The van der Waals surface area contributed by atoms with E-state index in [4.69, 9.17) is 4.74 Å². The molecule has 1 aromatic carbocycles. The first kappa shape index (κ1) is 11.5. The van der Waals surface area contributed by atoms with Crippen LogP contribution in [-0.2, 0) is 9.53 Å². The molecule has 0 N–H and O–H groups in total. The van der Waals surface area contributed by atoms with Crippen molar-refractivity contribution in [1.82, 2.24) is 0 Å². The SMILES string of the molecule is CCOC(=O)CC=Cc1ccc(C)cc1. The maximum Gasteiger partial charge on any atom is 0.309 e. The van der Waals surface area contributed by atoms with Gasteiger partial charge in [0.05, 0.1) is 13.0 Å². The Bertz CT molecular complexity index is 336. The summed E-state index contributed by atoms with van der Waals surface area (Å²) in [6, 6.07) is 8.14. The minimum absolute atomic E-state index is 0.180. The van der Waals surface area contributed by atoms with Crippen LogP contribution in [0.3, 0.4) is 0 Å². The zero-order valence-corrected chi connectivity index (χ0v) is 9.19. The maximum atomic E-state index is 11.0. The highest BCUT2D eigenvalue weighted by Crippen LogP contribution is 2.05. The van der Waals surface area contributed by atoms with Crippen molar-refractivity contribution < 1.29 is 9.53 Å². The zero-order chi connectivity index (χ0) is 11.1. The summed E-state index contributed by atoms with van der Waals surface area (Å²) in [5.41, 5.74) is 2.34. The first-order valence-electron chi connectivity index (χ1n) is 5.11. The Hall–Kier alpha value is -1.57. The van der Waals surface area contributed by atoms with Gasteiger partial charge >= 0.3 is 5.97 Å². The number of esters is 1. The first-order valence-corrected chi connectivity index (χ1v) is 5.11. The second-order valence-electron chi connectivity index (χ2n) is 3.32. The highest BCUT2D eigenvalue weighted by molar-refractivity contribution is 5.72. The van der Waals surface area contributed by atoms with Crippen molar-refractivity contribution in [3.8, 4) is 0 Å². The van der Waals surface area contributed by atoms with Crippen molar-refractivity contribution in [2.75, 3.05) is 6.61 Å². The molecular weight excluding hydrogens is 188 g/mol. The molecular formula is C13H16O2. The third kappa shape index (κ3) is 4.45. The molecule has 0 aliphatic carbocycles. The van der Waals surface area contributed by atoms with E-state index in [1.54, 1.807) is 0 Å². The summed E-state index contributed by atoms with van der Waals surface area (Å²) in [5, 5.41) is 0. The Morgan fingerprint density at radius 2 is 2.00 bits per heavy atom. The molecule has 1 aromatic rings. The number of carbonyl (C=O) groups excluding carboxylic acids is 1. The normalized spacial score (nSPS) is 10.5. The fraction of sp³-hybridized carbons (Fsp3) is 0.308. The Labute approximate surface area is 90.6 Å². The second-order valence-corrected chi connectivity index (χ2v) is 3.32. The van der Waals surface area contributed by atoms with Crippen LogP contribution in [0.2, 0.25) is 0 Å². The monoisotopic (exact) mass is 204 g/mol. The summed E-state index contributed by atoms with van der Waals surface area (Å²) in [6.07, 6.45) is 4.08. The molecule has 0 radical (unpaired) electrons. The van der Waals surface area contributed by atoms with Crippen LogP contribution in [0.4, 0.5) is 0 Å². The predicted octanol–water partition coefficient (Wildman–Crippen LogP) is 2.96. The topological polar surface area (TPSA) is 26.3 Å². The number of aryl methyl sites for hydroxylation is 1. The smallest absolute Gasteiger partial charge is 0.309 e. The molecule has 0 unspecified atom stereocenters. The third-order valence-electron chi connectivity index (χ3n) is 1.98. The molecule has 0 saturated heterocycles. The molecule has 0 spiro atoms. The molecule has 0 atom stereocenters. The highest BCUT2D eigenvalue weighted by Gasteiger charge is 1.95. The molecule has 0 heterocycles. The van der Waals surface area contributed by atoms with Gasteiger partial charge in [0.1, 0.15) is 0 Å². The number of benzene rings is 1. The lowest BCUT2D eigenvalue weighted by Crippen LogP contribution is -2.01. The second kappa shape index (κ2) is 6.02. The fourth-order valence-electron chi connectivity index (χ4n) is 1.19. The number of hydrogen-bond acceptors (Lipinski definition) is 2. The Morgan fingerprint density at radius 3 is 2.60 bits per heavy atom. The average molecular weight is 204 g/mol. The van der Waals surface area contributed by atoms with Crippen molar-refractivity contribution in [3.05, 3.63) is 41.5 Å². The first-order chi connectivity index (χ1) is 7.22. The van der Waals surface area contributed by atoms with E-state index in [-0.39, 0.29) is 5.97 Å². The fourth-order valence-corrected chi connectivity index (χ4v) is 1.19. The Balaban J connectivity index is 2.44. The standard InChI is InChI=1S/C13H16O2/c1-3-15-13(14)6-4-5-12-9-7-11(2)8-10-12/h4-5,7-10H,3,6H2,1-2H3. The average Bonchev–Trinajstić information content (AvgIpc) is 2.21. The van der Waals surface area contributed by atoms with Crippen LogP contribution in [0, 0.1) is 6.92 Å². The van der Waals surface area contributed by atoms with Gasteiger partial charge in [-0.3, -0.25) is 4.79 Å². The highest BCUT2D eigenvalue weighted by atomic mass is 16.5. The van der Waals surface area contributed by atoms with E-state index in [0.29, 0.717) is 13.0 Å². The molecule has 2 heteroatoms. The lowest BCUT2D eigenvalue weighted by Gasteiger charge is -1.97. The van der Waals surface area contributed by atoms with Gasteiger partial charge in [-0.1, -0.05) is 42.0 Å². The molecule has 0 saturated carbocycles. The molecule has 80 valence electrons. The van der Waals surface area contributed by atoms with Gasteiger partial charge in [0, 0.05) is 0 Å². The van der Waals surface area contributed by atoms with Crippen LogP contribution < -0.4 is 0 Å². The van der Waals surface area contributed by atoms with Crippen molar-refractivity contribution in [2.24, 2.45) is 0 Å². The van der Waals surface area contributed by atoms with Gasteiger partial charge in [0.15, 0.2) is 0 Å². The van der Waals surface area contributed by atoms with E-state index >= 15 is 0 Å². The van der Waals surface area contributed by atoms with Crippen molar-refractivity contribution >= 4 is 12.0 Å². The molecule has 0 fully saturated rings. The van der Waals surface area contributed by atoms with E-state index in [0.717, 1.165) is 5.56 Å². The minimum atomic E-state index is -0.180. The largest absolute Gasteiger partial charge is 0.466 e. The van der Waals surface area contributed by atoms with Crippen LogP contribution in [0.25, 0.3) is 6.08 Å². The van der Waals surface area contributed by atoms with Gasteiger partial charge in [0.2, 0.25) is 0 Å². The van der Waals surface area contributed by atoms with Crippen molar-refractivity contribution in [3.63, 3.8) is 0 Å². The minimum Gasteiger partial charge on any atom is -0.466 e. The molecule has 0 aliphatic rings. The van der Waals surface area contributed by atoms with Gasteiger partial charge in [0.25, 0.3) is 0 Å². The van der Waals surface area contributed by atoms with Crippen LogP contribution in [0.5, 0.6) is 0 Å². The summed E-state index contributed by atoms with van der Waals surface area (Å²) >= 11 is 0. The number of rotatable bonds is 4. The van der Waals surface area contributed by atoms with Gasteiger partial charge in [-0.2, -0.15) is 0 Å². The molecule has 1 rings (SSSR count). The molecule has 2 nitrogen and oxygen atoms in total. The predicted molar refractivity (Wildman–Crippen MR) is 61.5 cm³/mol.